The summed E-state index contributed by atoms with van der Waals surface area (Å²) in [5.41, 5.74) is 7.18. The Hall–Kier alpha value is -1.88. The van der Waals surface area contributed by atoms with Gasteiger partial charge in [0.1, 0.15) is 0 Å². The SMILES string of the molecule is C=C(CN)Cn1c(=O)oc2cccnc21. The molecule has 0 bridgehead atoms. The first-order valence-corrected chi connectivity index (χ1v) is 4.53. The molecule has 2 aromatic rings. The molecule has 15 heavy (non-hydrogen) atoms. The molecule has 0 saturated heterocycles. The number of hydrogen-bond acceptors (Lipinski definition) is 4. The van der Waals surface area contributed by atoms with Crippen LogP contribution in [0.5, 0.6) is 0 Å². The minimum absolute atomic E-state index is 0.339. The fourth-order valence-corrected chi connectivity index (χ4v) is 1.33. The molecule has 2 N–H and O–H groups in total. The highest BCUT2D eigenvalue weighted by Gasteiger charge is 2.09. The maximum absolute atomic E-state index is 11.5. The van der Waals surface area contributed by atoms with E-state index in [2.05, 4.69) is 11.6 Å². The van der Waals surface area contributed by atoms with E-state index < -0.39 is 5.76 Å². The molecule has 0 unspecified atom stereocenters. The van der Waals surface area contributed by atoms with Crippen molar-refractivity contribution in [3.05, 3.63) is 41.0 Å². The van der Waals surface area contributed by atoms with Crippen molar-refractivity contribution >= 4 is 11.2 Å². The molecule has 0 aliphatic rings. The Morgan fingerprint density at radius 2 is 2.47 bits per heavy atom. The minimum Gasteiger partial charge on any atom is -0.406 e. The molecule has 5 nitrogen and oxygen atoms in total. The number of rotatable bonds is 3. The lowest BCUT2D eigenvalue weighted by Crippen LogP contribution is -2.18. The molecular weight excluding hydrogens is 194 g/mol. The van der Waals surface area contributed by atoms with E-state index in [9.17, 15) is 4.79 Å². The monoisotopic (exact) mass is 205 g/mol. The van der Waals surface area contributed by atoms with Gasteiger partial charge in [-0.3, -0.25) is 4.57 Å². The third-order valence-electron chi connectivity index (χ3n) is 2.09. The van der Waals surface area contributed by atoms with Gasteiger partial charge in [0.25, 0.3) is 0 Å². The van der Waals surface area contributed by atoms with Crippen LogP contribution in [0, 0.1) is 0 Å². The molecular formula is C10H11N3O2. The van der Waals surface area contributed by atoms with Gasteiger partial charge >= 0.3 is 5.76 Å². The van der Waals surface area contributed by atoms with E-state index >= 15 is 0 Å². The summed E-state index contributed by atoms with van der Waals surface area (Å²) in [5.74, 6) is -0.432. The lowest BCUT2D eigenvalue weighted by atomic mass is 10.3. The number of nitrogens with zero attached hydrogens (tertiary/aromatic N) is 2. The van der Waals surface area contributed by atoms with E-state index in [4.69, 9.17) is 10.2 Å². The molecule has 0 amide bonds. The number of aromatic nitrogens is 2. The second-order valence-electron chi connectivity index (χ2n) is 3.23. The normalized spacial score (nSPS) is 10.7. The molecule has 0 aliphatic carbocycles. The molecule has 2 heterocycles. The minimum atomic E-state index is -0.432. The quantitative estimate of drug-likeness (QED) is 0.740. The summed E-state index contributed by atoms with van der Waals surface area (Å²) < 4.78 is 6.43. The van der Waals surface area contributed by atoms with Gasteiger partial charge in [-0.15, -0.1) is 0 Å². The predicted molar refractivity (Wildman–Crippen MR) is 56.5 cm³/mol. The highest BCUT2D eigenvalue weighted by atomic mass is 16.4. The zero-order valence-corrected chi connectivity index (χ0v) is 8.14. The summed E-state index contributed by atoms with van der Waals surface area (Å²) in [5, 5.41) is 0. The van der Waals surface area contributed by atoms with Gasteiger partial charge < -0.3 is 10.2 Å². The summed E-state index contributed by atoms with van der Waals surface area (Å²) >= 11 is 0. The molecule has 78 valence electrons. The van der Waals surface area contributed by atoms with Crippen molar-refractivity contribution in [1.29, 1.82) is 0 Å². The second kappa shape index (κ2) is 3.70. The largest absolute Gasteiger partial charge is 0.421 e. The average Bonchev–Trinajstić information content (AvgIpc) is 2.55. The van der Waals surface area contributed by atoms with Crippen molar-refractivity contribution in [2.24, 2.45) is 5.73 Å². The molecule has 2 aromatic heterocycles. The zero-order chi connectivity index (χ0) is 10.8. The molecule has 0 atom stereocenters. The smallest absolute Gasteiger partial charge is 0.406 e. The van der Waals surface area contributed by atoms with Crippen LogP contribution in [0.4, 0.5) is 0 Å². The number of pyridine rings is 1. The molecule has 0 aliphatic heterocycles. The Morgan fingerprint density at radius 1 is 1.67 bits per heavy atom. The van der Waals surface area contributed by atoms with Crippen molar-refractivity contribution in [2.45, 2.75) is 6.54 Å². The van der Waals surface area contributed by atoms with E-state index in [1.165, 1.54) is 4.57 Å². The Kier molecular flexibility index (Phi) is 2.39. The van der Waals surface area contributed by atoms with Gasteiger partial charge in [-0.1, -0.05) is 6.58 Å². The molecule has 2 rings (SSSR count). The van der Waals surface area contributed by atoms with E-state index in [1.54, 1.807) is 18.3 Å². The Morgan fingerprint density at radius 3 is 3.20 bits per heavy atom. The first-order chi connectivity index (χ1) is 7.22. The van der Waals surface area contributed by atoms with Crippen LogP contribution in [-0.4, -0.2) is 16.1 Å². The van der Waals surface area contributed by atoms with Crippen molar-refractivity contribution in [2.75, 3.05) is 6.54 Å². The molecule has 0 spiro atoms. The lowest BCUT2D eigenvalue weighted by Gasteiger charge is -2.01. The number of nitrogens with two attached hydrogens (primary N) is 1. The van der Waals surface area contributed by atoms with E-state index in [-0.39, 0.29) is 0 Å². The fourth-order valence-electron chi connectivity index (χ4n) is 1.33. The summed E-state index contributed by atoms with van der Waals surface area (Å²) in [6.45, 7) is 4.43. The molecule has 0 aromatic carbocycles. The summed E-state index contributed by atoms with van der Waals surface area (Å²) in [6, 6.07) is 3.42. The van der Waals surface area contributed by atoms with Crippen molar-refractivity contribution in [3.63, 3.8) is 0 Å². The van der Waals surface area contributed by atoms with E-state index in [0.29, 0.717) is 24.3 Å². The van der Waals surface area contributed by atoms with Gasteiger partial charge in [0.05, 0.1) is 6.54 Å². The van der Waals surface area contributed by atoms with Crippen LogP contribution < -0.4 is 11.5 Å². The van der Waals surface area contributed by atoms with Gasteiger partial charge in [-0.05, 0) is 17.7 Å². The average molecular weight is 205 g/mol. The van der Waals surface area contributed by atoms with Crippen molar-refractivity contribution in [1.82, 2.24) is 9.55 Å². The van der Waals surface area contributed by atoms with Crippen LogP contribution in [0.3, 0.4) is 0 Å². The summed E-state index contributed by atoms with van der Waals surface area (Å²) in [7, 11) is 0. The van der Waals surface area contributed by atoms with Crippen LogP contribution in [0.2, 0.25) is 0 Å². The van der Waals surface area contributed by atoms with Crippen LogP contribution in [0.1, 0.15) is 0 Å². The van der Waals surface area contributed by atoms with Gasteiger partial charge in [0.15, 0.2) is 11.2 Å². The maximum atomic E-state index is 11.5. The summed E-state index contributed by atoms with van der Waals surface area (Å²) in [4.78, 5) is 15.5. The van der Waals surface area contributed by atoms with Crippen LogP contribution >= 0.6 is 0 Å². The molecule has 0 fully saturated rings. The van der Waals surface area contributed by atoms with Crippen LogP contribution in [0.25, 0.3) is 11.2 Å². The first-order valence-electron chi connectivity index (χ1n) is 4.53. The number of oxazole rings is 1. The lowest BCUT2D eigenvalue weighted by molar-refractivity contribution is 0.515. The summed E-state index contributed by atoms with van der Waals surface area (Å²) in [6.07, 6.45) is 1.61. The first kappa shape index (κ1) is 9.67. The standard InChI is InChI=1S/C10H11N3O2/c1-7(5-11)6-13-9-8(15-10(13)14)3-2-4-12-9/h2-4H,1,5-6,11H2. The third kappa shape index (κ3) is 1.69. The highest BCUT2D eigenvalue weighted by Crippen LogP contribution is 2.09. The van der Waals surface area contributed by atoms with Crippen LogP contribution in [0.15, 0.2) is 39.7 Å². The third-order valence-corrected chi connectivity index (χ3v) is 2.09. The van der Waals surface area contributed by atoms with Crippen molar-refractivity contribution < 1.29 is 4.42 Å². The molecule has 0 radical (unpaired) electrons. The van der Waals surface area contributed by atoms with Crippen LogP contribution in [-0.2, 0) is 6.54 Å². The second-order valence-corrected chi connectivity index (χ2v) is 3.23. The highest BCUT2D eigenvalue weighted by molar-refractivity contribution is 5.67. The fraction of sp³-hybridized carbons (Fsp3) is 0.200. The predicted octanol–water partition coefficient (Wildman–Crippen LogP) is 0.504. The maximum Gasteiger partial charge on any atom is 0.421 e. The molecule has 0 saturated carbocycles. The Labute approximate surface area is 85.8 Å². The number of fused-ring (bicyclic) bond motifs is 1. The van der Waals surface area contributed by atoms with Gasteiger partial charge in [-0.2, -0.15) is 0 Å². The van der Waals surface area contributed by atoms with Crippen molar-refractivity contribution in [3.8, 4) is 0 Å². The van der Waals surface area contributed by atoms with Gasteiger partial charge in [0, 0.05) is 12.7 Å². The van der Waals surface area contributed by atoms with Gasteiger partial charge in [-0.25, -0.2) is 9.78 Å². The Balaban J connectivity index is 2.54. The molecule has 5 heteroatoms. The van der Waals surface area contributed by atoms with E-state index in [0.717, 1.165) is 5.57 Å². The Bertz CT molecular complexity index is 553. The zero-order valence-electron chi connectivity index (χ0n) is 8.14. The number of hydrogen-bond donors (Lipinski definition) is 1. The van der Waals surface area contributed by atoms with Gasteiger partial charge in [0.2, 0.25) is 0 Å². The van der Waals surface area contributed by atoms with E-state index in [1.807, 2.05) is 0 Å². The topological polar surface area (TPSA) is 74.0 Å².